The molecule has 0 aliphatic carbocycles. The summed E-state index contributed by atoms with van der Waals surface area (Å²) in [5.74, 6) is -0.0867. The first-order valence-electron chi connectivity index (χ1n) is 24.5. The number of amides is 1. The summed E-state index contributed by atoms with van der Waals surface area (Å²) in [6.45, 7) is 4.87. The molecule has 3 N–H and O–H groups in total. The van der Waals surface area contributed by atoms with Crippen molar-refractivity contribution in [3.05, 3.63) is 12.2 Å². The van der Waals surface area contributed by atoms with E-state index in [2.05, 4.69) is 19.2 Å². The molecular formula is C49H95NO5. The zero-order chi connectivity index (χ0) is 40.1. The average molecular weight is 778 g/mol. The summed E-state index contributed by atoms with van der Waals surface area (Å²) in [5.41, 5.74) is 0. The Balaban J connectivity index is 3.47. The molecule has 6 nitrogen and oxygen atoms in total. The van der Waals surface area contributed by atoms with Crippen LogP contribution in [0.3, 0.4) is 0 Å². The van der Waals surface area contributed by atoms with Gasteiger partial charge in [0, 0.05) is 12.8 Å². The lowest BCUT2D eigenvalue weighted by Gasteiger charge is -2.20. The van der Waals surface area contributed by atoms with E-state index in [0.717, 1.165) is 57.8 Å². The Kier molecular flexibility index (Phi) is 44.2. The fourth-order valence-electron chi connectivity index (χ4n) is 7.51. The maximum absolute atomic E-state index is 12.4. The van der Waals surface area contributed by atoms with Crippen molar-refractivity contribution in [1.29, 1.82) is 0 Å². The Labute approximate surface area is 342 Å². The fraction of sp³-hybridized carbons (Fsp3) is 0.918. The molecule has 6 heteroatoms. The van der Waals surface area contributed by atoms with E-state index >= 15 is 0 Å². The van der Waals surface area contributed by atoms with Crippen molar-refractivity contribution in [2.75, 3.05) is 13.2 Å². The van der Waals surface area contributed by atoms with Crippen LogP contribution in [0.1, 0.15) is 264 Å². The van der Waals surface area contributed by atoms with Gasteiger partial charge in [0.15, 0.2) is 0 Å². The standard InChI is InChI=1S/C49H95NO5/c1-3-5-7-9-11-13-15-18-23-27-31-35-39-43-49(54)55-44-40-36-32-28-24-20-17-19-22-26-30-34-38-42-48(53)50-46(45-51)47(52)41-37-33-29-25-21-16-14-12-10-8-6-4-2/h37,41,46-47,51-52H,3-36,38-40,42-45H2,1-2H3,(H,50,53)/b41-37+. The smallest absolute Gasteiger partial charge is 0.305 e. The predicted octanol–water partition coefficient (Wildman–Crippen LogP) is 14.2. The molecule has 2 unspecified atom stereocenters. The number of rotatable bonds is 45. The quantitative estimate of drug-likeness (QED) is 0.0325. The number of carbonyl (C=O) groups excluding carboxylic acids is 2. The van der Waals surface area contributed by atoms with Gasteiger partial charge in [0.05, 0.1) is 25.4 Å². The highest BCUT2D eigenvalue weighted by Gasteiger charge is 2.18. The summed E-state index contributed by atoms with van der Waals surface area (Å²) in [6, 6.07) is -0.635. The van der Waals surface area contributed by atoms with E-state index in [-0.39, 0.29) is 18.5 Å². The highest BCUT2D eigenvalue weighted by Crippen LogP contribution is 2.16. The van der Waals surface area contributed by atoms with Gasteiger partial charge in [-0.2, -0.15) is 0 Å². The van der Waals surface area contributed by atoms with Gasteiger partial charge < -0.3 is 20.3 Å². The number of ether oxygens (including phenoxy) is 1. The molecule has 0 rings (SSSR count). The van der Waals surface area contributed by atoms with Crippen LogP contribution in [0, 0.1) is 0 Å². The molecule has 0 aromatic carbocycles. The lowest BCUT2D eigenvalue weighted by Crippen LogP contribution is -2.45. The fourth-order valence-corrected chi connectivity index (χ4v) is 7.51. The third-order valence-corrected chi connectivity index (χ3v) is 11.3. The van der Waals surface area contributed by atoms with Crippen molar-refractivity contribution in [2.45, 2.75) is 276 Å². The first-order chi connectivity index (χ1) is 27.0. The second-order valence-electron chi connectivity index (χ2n) is 16.8. The SMILES string of the molecule is CCCCCCCCCCCC/C=C/C(O)C(CO)NC(=O)CCCCCCCCCCCCCCCOC(=O)CCCCCCCCCCCCCCC. The van der Waals surface area contributed by atoms with Crippen LogP contribution < -0.4 is 5.32 Å². The van der Waals surface area contributed by atoms with Crippen molar-refractivity contribution in [3.63, 3.8) is 0 Å². The van der Waals surface area contributed by atoms with Gasteiger partial charge in [-0.05, 0) is 32.1 Å². The van der Waals surface area contributed by atoms with E-state index in [0.29, 0.717) is 19.4 Å². The van der Waals surface area contributed by atoms with Crippen molar-refractivity contribution in [3.8, 4) is 0 Å². The molecule has 1 amide bonds. The van der Waals surface area contributed by atoms with Crippen LogP contribution in [0.5, 0.6) is 0 Å². The minimum Gasteiger partial charge on any atom is -0.466 e. The van der Waals surface area contributed by atoms with E-state index in [1.165, 1.54) is 180 Å². The molecule has 0 spiro atoms. The minimum absolute atomic E-state index is 0.00561. The largest absolute Gasteiger partial charge is 0.466 e. The topological polar surface area (TPSA) is 95.9 Å². The molecule has 0 aliphatic rings. The second-order valence-corrected chi connectivity index (χ2v) is 16.8. The maximum Gasteiger partial charge on any atom is 0.305 e. The summed E-state index contributed by atoms with van der Waals surface area (Å²) < 4.78 is 5.45. The minimum atomic E-state index is -0.850. The van der Waals surface area contributed by atoms with Crippen LogP contribution in [0.2, 0.25) is 0 Å². The van der Waals surface area contributed by atoms with Gasteiger partial charge in [0.25, 0.3) is 0 Å². The Morgan fingerprint density at radius 3 is 1.24 bits per heavy atom. The lowest BCUT2D eigenvalue weighted by atomic mass is 10.0. The third kappa shape index (κ3) is 42.0. The average Bonchev–Trinajstić information content (AvgIpc) is 3.18. The molecule has 0 saturated heterocycles. The number of esters is 1. The summed E-state index contributed by atoms with van der Waals surface area (Å²) in [5, 5.41) is 23.0. The molecule has 0 fully saturated rings. The first-order valence-corrected chi connectivity index (χ1v) is 24.5. The van der Waals surface area contributed by atoms with Crippen LogP contribution in [0.25, 0.3) is 0 Å². The number of nitrogens with one attached hydrogen (secondary N) is 1. The van der Waals surface area contributed by atoms with Gasteiger partial charge in [-0.1, -0.05) is 231 Å². The summed E-state index contributed by atoms with van der Waals surface area (Å²) in [7, 11) is 0. The second kappa shape index (κ2) is 45.3. The van der Waals surface area contributed by atoms with E-state index in [4.69, 9.17) is 4.74 Å². The molecule has 0 aliphatic heterocycles. The number of aliphatic hydroxyl groups is 2. The molecule has 0 aromatic rings. The van der Waals surface area contributed by atoms with Crippen LogP contribution in [0.15, 0.2) is 12.2 Å². The summed E-state index contributed by atoms with van der Waals surface area (Å²) in [6.07, 6.45) is 50.6. The molecular weight excluding hydrogens is 683 g/mol. The monoisotopic (exact) mass is 778 g/mol. The van der Waals surface area contributed by atoms with Gasteiger partial charge in [0.1, 0.15) is 0 Å². The summed E-state index contributed by atoms with van der Waals surface area (Å²) >= 11 is 0. The molecule has 55 heavy (non-hydrogen) atoms. The number of unbranched alkanes of at least 4 members (excludes halogenated alkanes) is 34. The number of allylic oxidation sites excluding steroid dienone is 1. The Bertz CT molecular complexity index is 817. The Hall–Kier alpha value is -1.40. The highest BCUT2D eigenvalue weighted by molar-refractivity contribution is 5.76. The molecule has 0 bridgehead atoms. The molecule has 0 aromatic heterocycles. The van der Waals surface area contributed by atoms with Crippen LogP contribution in [-0.4, -0.2) is 47.4 Å². The Morgan fingerprint density at radius 2 is 0.836 bits per heavy atom. The van der Waals surface area contributed by atoms with Crippen molar-refractivity contribution in [2.24, 2.45) is 0 Å². The van der Waals surface area contributed by atoms with Gasteiger partial charge in [-0.3, -0.25) is 9.59 Å². The van der Waals surface area contributed by atoms with Crippen LogP contribution in [-0.2, 0) is 14.3 Å². The number of aliphatic hydroxyl groups excluding tert-OH is 2. The first kappa shape index (κ1) is 53.6. The zero-order valence-electron chi connectivity index (χ0n) is 36.9. The predicted molar refractivity (Wildman–Crippen MR) is 237 cm³/mol. The molecule has 326 valence electrons. The molecule has 2 atom stereocenters. The van der Waals surface area contributed by atoms with Gasteiger partial charge in [-0.25, -0.2) is 0 Å². The van der Waals surface area contributed by atoms with Crippen molar-refractivity contribution in [1.82, 2.24) is 5.32 Å². The van der Waals surface area contributed by atoms with Crippen molar-refractivity contribution < 1.29 is 24.5 Å². The number of hydrogen-bond acceptors (Lipinski definition) is 5. The van der Waals surface area contributed by atoms with Crippen molar-refractivity contribution >= 4 is 11.9 Å². The highest BCUT2D eigenvalue weighted by atomic mass is 16.5. The van der Waals surface area contributed by atoms with E-state index in [1.54, 1.807) is 6.08 Å². The van der Waals surface area contributed by atoms with E-state index in [1.807, 2.05) is 6.08 Å². The van der Waals surface area contributed by atoms with Gasteiger partial charge in [-0.15, -0.1) is 0 Å². The number of carbonyl (C=O) groups is 2. The maximum atomic E-state index is 12.4. The molecule has 0 radical (unpaired) electrons. The molecule has 0 saturated carbocycles. The van der Waals surface area contributed by atoms with Crippen LogP contribution in [0.4, 0.5) is 0 Å². The van der Waals surface area contributed by atoms with E-state index in [9.17, 15) is 19.8 Å². The van der Waals surface area contributed by atoms with Gasteiger partial charge in [0.2, 0.25) is 5.91 Å². The summed E-state index contributed by atoms with van der Waals surface area (Å²) in [4.78, 5) is 24.4. The Morgan fingerprint density at radius 1 is 0.491 bits per heavy atom. The third-order valence-electron chi connectivity index (χ3n) is 11.3. The molecule has 0 heterocycles. The number of hydrogen-bond donors (Lipinski definition) is 3. The zero-order valence-corrected chi connectivity index (χ0v) is 36.9. The van der Waals surface area contributed by atoms with E-state index < -0.39 is 12.1 Å². The lowest BCUT2D eigenvalue weighted by molar-refractivity contribution is -0.143. The van der Waals surface area contributed by atoms with Crippen LogP contribution >= 0.6 is 0 Å². The normalized spacial score (nSPS) is 12.7. The van der Waals surface area contributed by atoms with Gasteiger partial charge >= 0.3 is 5.97 Å².